The number of thiazole rings is 1. The van der Waals surface area contributed by atoms with Gasteiger partial charge in [0.1, 0.15) is 0 Å². The van der Waals surface area contributed by atoms with Crippen LogP contribution in [0.3, 0.4) is 0 Å². The van der Waals surface area contributed by atoms with E-state index in [-0.39, 0.29) is 0 Å². The number of hydrogen-bond acceptors (Lipinski definition) is 4. The summed E-state index contributed by atoms with van der Waals surface area (Å²) in [5.74, 6) is 0.665. The van der Waals surface area contributed by atoms with E-state index >= 15 is 0 Å². The van der Waals surface area contributed by atoms with Crippen LogP contribution in [-0.4, -0.2) is 24.2 Å². The standard InChI is InChI=1S/C15H26N2OS/c1-4-16-10-14-13(8-11(2)3)17-15(19-14)9-12-6-5-7-18-12/h11-12,16H,4-10H2,1-3H3. The van der Waals surface area contributed by atoms with Crippen LogP contribution in [0.25, 0.3) is 0 Å². The van der Waals surface area contributed by atoms with Gasteiger partial charge in [-0.3, -0.25) is 0 Å². The maximum atomic E-state index is 5.72. The van der Waals surface area contributed by atoms with Crippen molar-refractivity contribution in [2.24, 2.45) is 5.92 Å². The zero-order valence-electron chi connectivity index (χ0n) is 12.4. The fourth-order valence-corrected chi connectivity index (χ4v) is 3.58. The van der Waals surface area contributed by atoms with Crippen molar-refractivity contribution in [3.8, 4) is 0 Å². The second kappa shape index (κ2) is 7.36. The molecule has 1 fully saturated rings. The maximum Gasteiger partial charge on any atom is 0.0957 e. The molecule has 0 spiro atoms. The Morgan fingerprint density at radius 1 is 1.47 bits per heavy atom. The van der Waals surface area contributed by atoms with Crippen LogP contribution in [0.15, 0.2) is 0 Å². The Morgan fingerprint density at radius 2 is 2.32 bits per heavy atom. The third kappa shape index (κ3) is 4.55. The minimum atomic E-state index is 0.407. The average Bonchev–Trinajstić information content (AvgIpc) is 2.97. The van der Waals surface area contributed by atoms with Crippen molar-refractivity contribution in [2.75, 3.05) is 13.2 Å². The van der Waals surface area contributed by atoms with E-state index < -0.39 is 0 Å². The first kappa shape index (κ1) is 14.9. The lowest BCUT2D eigenvalue weighted by Gasteiger charge is -2.05. The molecule has 1 aromatic rings. The Balaban J connectivity index is 2.03. The molecule has 2 rings (SSSR count). The summed E-state index contributed by atoms with van der Waals surface area (Å²) in [4.78, 5) is 6.29. The zero-order chi connectivity index (χ0) is 13.7. The highest BCUT2D eigenvalue weighted by Gasteiger charge is 2.19. The number of nitrogens with one attached hydrogen (secondary N) is 1. The molecule has 0 radical (unpaired) electrons. The van der Waals surface area contributed by atoms with Crippen LogP contribution in [0.4, 0.5) is 0 Å². The van der Waals surface area contributed by atoms with Gasteiger partial charge < -0.3 is 10.1 Å². The molecule has 2 heterocycles. The highest BCUT2D eigenvalue weighted by Crippen LogP contribution is 2.25. The molecule has 1 aliphatic heterocycles. The highest BCUT2D eigenvalue weighted by atomic mass is 32.1. The number of aromatic nitrogens is 1. The fourth-order valence-electron chi connectivity index (χ4n) is 2.45. The summed E-state index contributed by atoms with van der Waals surface area (Å²) in [5, 5.41) is 4.68. The molecule has 3 nitrogen and oxygen atoms in total. The van der Waals surface area contributed by atoms with Crippen molar-refractivity contribution in [1.82, 2.24) is 10.3 Å². The van der Waals surface area contributed by atoms with Gasteiger partial charge in [-0.05, 0) is 31.7 Å². The van der Waals surface area contributed by atoms with Gasteiger partial charge in [0.25, 0.3) is 0 Å². The minimum absolute atomic E-state index is 0.407. The number of hydrogen-bond donors (Lipinski definition) is 1. The quantitative estimate of drug-likeness (QED) is 0.834. The number of nitrogens with zero attached hydrogens (tertiary/aromatic N) is 1. The first-order valence-electron chi connectivity index (χ1n) is 7.48. The first-order chi connectivity index (χ1) is 9.19. The molecule has 19 heavy (non-hydrogen) atoms. The molecule has 0 amide bonds. The molecule has 1 atom stereocenters. The normalized spacial score (nSPS) is 19.5. The molecule has 1 aromatic heterocycles. The summed E-state index contributed by atoms with van der Waals surface area (Å²) < 4.78 is 5.72. The summed E-state index contributed by atoms with van der Waals surface area (Å²) in [5.41, 5.74) is 1.30. The molecular weight excluding hydrogens is 256 g/mol. The predicted molar refractivity (Wildman–Crippen MR) is 80.7 cm³/mol. The van der Waals surface area contributed by atoms with Crippen LogP contribution < -0.4 is 5.32 Å². The fraction of sp³-hybridized carbons (Fsp3) is 0.800. The van der Waals surface area contributed by atoms with Crippen molar-refractivity contribution in [3.63, 3.8) is 0 Å². The molecule has 0 saturated carbocycles. The minimum Gasteiger partial charge on any atom is -0.378 e. The summed E-state index contributed by atoms with van der Waals surface area (Å²) >= 11 is 1.87. The number of rotatable bonds is 7. The molecule has 1 saturated heterocycles. The lowest BCUT2D eigenvalue weighted by atomic mass is 10.1. The summed E-state index contributed by atoms with van der Waals surface area (Å²) in [6.45, 7) is 9.57. The molecule has 108 valence electrons. The Hall–Kier alpha value is -0.450. The van der Waals surface area contributed by atoms with Crippen molar-refractivity contribution in [3.05, 3.63) is 15.6 Å². The monoisotopic (exact) mass is 282 g/mol. The van der Waals surface area contributed by atoms with E-state index in [1.165, 1.54) is 28.4 Å². The largest absolute Gasteiger partial charge is 0.378 e. The zero-order valence-corrected chi connectivity index (χ0v) is 13.2. The summed E-state index contributed by atoms with van der Waals surface area (Å²) in [6.07, 6.45) is 4.90. The lowest BCUT2D eigenvalue weighted by Crippen LogP contribution is -2.12. The number of ether oxygens (including phenoxy) is 1. The van der Waals surface area contributed by atoms with Gasteiger partial charge in [0.2, 0.25) is 0 Å². The van der Waals surface area contributed by atoms with E-state index in [9.17, 15) is 0 Å². The maximum absolute atomic E-state index is 5.72. The van der Waals surface area contributed by atoms with Crippen molar-refractivity contribution < 1.29 is 4.74 Å². The van der Waals surface area contributed by atoms with Gasteiger partial charge in [0, 0.05) is 24.4 Å². The molecule has 0 bridgehead atoms. The second-order valence-electron chi connectivity index (χ2n) is 5.69. The van der Waals surface area contributed by atoms with Crippen molar-refractivity contribution in [1.29, 1.82) is 0 Å². The average molecular weight is 282 g/mol. The van der Waals surface area contributed by atoms with Gasteiger partial charge in [-0.1, -0.05) is 20.8 Å². The van der Waals surface area contributed by atoms with E-state index in [1.54, 1.807) is 0 Å². The highest BCUT2D eigenvalue weighted by molar-refractivity contribution is 7.11. The third-order valence-electron chi connectivity index (χ3n) is 3.39. The topological polar surface area (TPSA) is 34.1 Å². The van der Waals surface area contributed by atoms with Crippen LogP contribution in [0, 0.1) is 5.92 Å². The van der Waals surface area contributed by atoms with Gasteiger partial charge in [-0.15, -0.1) is 11.3 Å². The van der Waals surface area contributed by atoms with Crippen LogP contribution in [0.2, 0.25) is 0 Å². The Bertz CT molecular complexity index is 383. The van der Waals surface area contributed by atoms with E-state index in [0.29, 0.717) is 12.0 Å². The van der Waals surface area contributed by atoms with E-state index in [4.69, 9.17) is 9.72 Å². The van der Waals surface area contributed by atoms with Crippen LogP contribution >= 0.6 is 11.3 Å². The molecule has 0 aromatic carbocycles. The summed E-state index contributed by atoms with van der Waals surface area (Å²) in [7, 11) is 0. The molecular formula is C15H26N2OS. The van der Waals surface area contributed by atoms with Gasteiger partial charge in [0.15, 0.2) is 0 Å². The van der Waals surface area contributed by atoms with Crippen LogP contribution in [0.5, 0.6) is 0 Å². The van der Waals surface area contributed by atoms with E-state index in [0.717, 1.165) is 32.5 Å². The predicted octanol–water partition coefficient (Wildman–Crippen LogP) is 3.17. The van der Waals surface area contributed by atoms with Gasteiger partial charge >= 0.3 is 0 Å². The SMILES string of the molecule is CCNCc1sc(CC2CCCO2)nc1CC(C)C. The molecule has 1 unspecified atom stereocenters. The molecule has 1 N–H and O–H groups in total. The Labute approximate surface area is 120 Å². The second-order valence-corrected chi connectivity index (χ2v) is 6.86. The Morgan fingerprint density at radius 3 is 2.95 bits per heavy atom. The Kier molecular flexibility index (Phi) is 5.79. The van der Waals surface area contributed by atoms with Crippen molar-refractivity contribution in [2.45, 2.75) is 59.1 Å². The lowest BCUT2D eigenvalue weighted by molar-refractivity contribution is 0.111. The van der Waals surface area contributed by atoms with Crippen LogP contribution in [-0.2, 0) is 24.1 Å². The van der Waals surface area contributed by atoms with Gasteiger partial charge in [-0.2, -0.15) is 0 Å². The van der Waals surface area contributed by atoms with E-state index in [1.807, 2.05) is 11.3 Å². The molecule has 1 aliphatic rings. The van der Waals surface area contributed by atoms with Gasteiger partial charge in [-0.25, -0.2) is 4.98 Å². The first-order valence-corrected chi connectivity index (χ1v) is 8.30. The van der Waals surface area contributed by atoms with Crippen molar-refractivity contribution >= 4 is 11.3 Å². The van der Waals surface area contributed by atoms with E-state index in [2.05, 4.69) is 26.1 Å². The van der Waals surface area contributed by atoms with Gasteiger partial charge in [0.05, 0.1) is 16.8 Å². The third-order valence-corrected chi connectivity index (χ3v) is 4.51. The molecule has 0 aliphatic carbocycles. The summed E-state index contributed by atoms with van der Waals surface area (Å²) in [6, 6.07) is 0. The smallest absolute Gasteiger partial charge is 0.0957 e. The molecule has 4 heteroatoms. The van der Waals surface area contributed by atoms with Crippen LogP contribution in [0.1, 0.15) is 49.2 Å².